The summed E-state index contributed by atoms with van der Waals surface area (Å²) in [5.74, 6) is -0.0371. The van der Waals surface area contributed by atoms with E-state index in [1.807, 2.05) is 11.8 Å². The molecule has 0 radical (unpaired) electrons. The molecule has 0 aliphatic heterocycles. The maximum Gasteiger partial charge on any atom is 0.251 e. The van der Waals surface area contributed by atoms with Gasteiger partial charge in [-0.2, -0.15) is 11.8 Å². The summed E-state index contributed by atoms with van der Waals surface area (Å²) >= 11 is 11.2. The van der Waals surface area contributed by atoms with Gasteiger partial charge in [-0.3, -0.25) is 4.79 Å². The molecule has 0 saturated heterocycles. The molecule has 0 aromatic heterocycles. The van der Waals surface area contributed by atoms with Crippen LogP contribution in [0.1, 0.15) is 29.6 Å². The predicted molar refractivity (Wildman–Crippen MR) is 81.6 cm³/mol. The molecule has 1 aromatic carbocycles. The van der Waals surface area contributed by atoms with E-state index in [9.17, 15) is 4.79 Å². The summed E-state index contributed by atoms with van der Waals surface area (Å²) in [6.07, 6.45) is 5.45. The second kappa shape index (κ2) is 6.31. The van der Waals surface area contributed by atoms with Crippen LogP contribution >= 0.6 is 39.3 Å². The van der Waals surface area contributed by atoms with E-state index >= 15 is 0 Å². The number of hydrogen-bond donors (Lipinski definition) is 1. The van der Waals surface area contributed by atoms with Crippen LogP contribution < -0.4 is 5.32 Å². The number of rotatable bonds is 3. The van der Waals surface area contributed by atoms with E-state index in [2.05, 4.69) is 27.5 Å². The van der Waals surface area contributed by atoms with Crippen molar-refractivity contribution in [2.75, 3.05) is 6.26 Å². The van der Waals surface area contributed by atoms with E-state index in [0.717, 1.165) is 17.3 Å². The van der Waals surface area contributed by atoms with Crippen molar-refractivity contribution in [3.63, 3.8) is 0 Å². The van der Waals surface area contributed by atoms with Gasteiger partial charge in [-0.05, 0) is 43.7 Å². The molecular formula is C13H15BrClNOS. The average molecular weight is 349 g/mol. The van der Waals surface area contributed by atoms with Gasteiger partial charge in [0, 0.05) is 26.4 Å². The fraction of sp³-hybridized carbons (Fsp3) is 0.462. The van der Waals surface area contributed by atoms with Gasteiger partial charge in [0.2, 0.25) is 0 Å². The third kappa shape index (κ3) is 3.65. The van der Waals surface area contributed by atoms with Gasteiger partial charge in [-0.25, -0.2) is 0 Å². The summed E-state index contributed by atoms with van der Waals surface area (Å²) in [6.45, 7) is 0. The lowest BCUT2D eigenvalue weighted by atomic mass is 10.2. The summed E-state index contributed by atoms with van der Waals surface area (Å²) in [7, 11) is 0. The fourth-order valence-electron chi connectivity index (χ4n) is 2.24. The molecule has 98 valence electrons. The van der Waals surface area contributed by atoms with Gasteiger partial charge in [0.15, 0.2) is 0 Å². The standard InChI is InChI=1S/C13H15BrClNOS/c1-18-12-3-2-11(7-12)16-13(17)8-4-9(14)6-10(15)5-8/h4-6,11-12H,2-3,7H2,1H3,(H,16,17). The van der Waals surface area contributed by atoms with Gasteiger partial charge in [0.05, 0.1) is 0 Å². The number of carbonyl (C=O) groups is 1. The number of amides is 1. The zero-order chi connectivity index (χ0) is 13.1. The van der Waals surface area contributed by atoms with Crippen molar-refractivity contribution >= 4 is 45.2 Å². The van der Waals surface area contributed by atoms with Gasteiger partial charge in [-0.1, -0.05) is 27.5 Å². The van der Waals surface area contributed by atoms with E-state index in [4.69, 9.17) is 11.6 Å². The molecule has 1 aliphatic carbocycles. The second-order valence-corrected chi connectivity index (χ2v) is 6.99. The van der Waals surface area contributed by atoms with Crippen molar-refractivity contribution in [2.24, 2.45) is 0 Å². The minimum Gasteiger partial charge on any atom is -0.349 e. The van der Waals surface area contributed by atoms with Crippen LogP contribution in [0, 0.1) is 0 Å². The molecule has 1 N–H and O–H groups in total. The fourth-order valence-corrected chi connectivity index (χ4v) is 3.90. The number of benzene rings is 1. The monoisotopic (exact) mass is 347 g/mol. The Hall–Kier alpha value is -0.190. The summed E-state index contributed by atoms with van der Waals surface area (Å²) in [5.41, 5.74) is 0.613. The minimum absolute atomic E-state index is 0.0371. The molecule has 2 unspecified atom stereocenters. The number of halogens is 2. The van der Waals surface area contributed by atoms with Crippen molar-refractivity contribution in [2.45, 2.75) is 30.6 Å². The Bertz CT molecular complexity index is 434. The molecular weight excluding hydrogens is 334 g/mol. The number of thioether (sulfide) groups is 1. The first kappa shape index (κ1) is 14.2. The molecule has 1 aliphatic rings. The highest BCUT2D eigenvalue weighted by Gasteiger charge is 2.25. The molecule has 1 amide bonds. The van der Waals surface area contributed by atoms with Crippen molar-refractivity contribution in [1.82, 2.24) is 5.32 Å². The maximum atomic E-state index is 12.1. The van der Waals surface area contributed by atoms with Crippen LogP contribution in [-0.2, 0) is 0 Å². The summed E-state index contributed by atoms with van der Waals surface area (Å²) in [4.78, 5) is 12.1. The minimum atomic E-state index is -0.0371. The highest BCUT2D eigenvalue weighted by atomic mass is 79.9. The molecule has 18 heavy (non-hydrogen) atoms. The molecule has 1 saturated carbocycles. The quantitative estimate of drug-likeness (QED) is 0.890. The Morgan fingerprint density at radius 3 is 2.83 bits per heavy atom. The van der Waals surface area contributed by atoms with Crippen molar-refractivity contribution < 1.29 is 4.79 Å². The van der Waals surface area contributed by atoms with Crippen molar-refractivity contribution in [3.8, 4) is 0 Å². The Kier molecular flexibility index (Phi) is 4.98. The molecule has 2 nitrogen and oxygen atoms in total. The van der Waals surface area contributed by atoms with E-state index in [-0.39, 0.29) is 5.91 Å². The Labute approximate surface area is 125 Å². The smallest absolute Gasteiger partial charge is 0.251 e. The van der Waals surface area contributed by atoms with Gasteiger partial charge in [-0.15, -0.1) is 0 Å². The van der Waals surface area contributed by atoms with Crippen LogP contribution in [0.15, 0.2) is 22.7 Å². The lowest BCUT2D eigenvalue weighted by molar-refractivity contribution is 0.0938. The van der Waals surface area contributed by atoms with E-state index < -0.39 is 0 Å². The molecule has 0 spiro atoms. The average Bonchev–Trinajstić information content (AvgIpc) is 2.75. The lowest BCUT2D eigenvalue weighted by Gasteiger charge is -2.13. The van der Waals surface area contributed by atoms with Crippen LogP contribution in [0.3, 0.4) is 0 Å². The van der Waals surface area contributed by atoms with Gasteiger partial charge < -0.3 is 5.32 Å². The van der Waals surface area contributed by atoms with E-state index in [1.165, 1.54) is 6.42 Å². The van der Waals surface area contributed by atoms with Crippen molar-refractivity contribution in [3.05, 3.63) is 33.3 Å². The third-order valence-electron chi connectivity index (χ3n) is 3.18. The first-order valence-corrected chi connectivity index (χ1v) is 8.34. The zero-order valence-electron chi connectivity index (χ0n) is 10.1. The first-order valence-electron chi connectivity index (χ1n) is 5.88. The zero-order valence-corrected chi connectivity index (χ0v) is 13.2. The Morgan fingerprint density at radius 1 is 1.44 bits per heavy atom. The van der Waals surface area contributed by atoms with Crippen LogP contribution in [0.4, 0.5) is 0 Å². The van der Waals surface area contributed by atoms with E-state index in [0.29, 0.717) is 21.9 Å². The van der Waals surface area contributed by atoms with Gasteiger partial charge in [0.25, 0.3) is 5.91 Å². The summed E-state index contributed by atoms with van der Waals surface area (Å²) < 4.78 is 0.827. The van der Waals surface area contributed by atoms with Crippen LogP contribution in [0.2, 0.25) is 5.02 Å². The SMILES string of the molecule is CSC1CCC(NC(=O)c2cc(Cl)cc(Br)c2)C1. The second-order valence-electron chi connectivity index (χ2n) is 4.50. The molecule has 0 bridgehead atoms. The lowest BCUT2D eigenvalue weighted by Crippen LogP contribution is -2.33. The highest BCUT2D eigenvalue weighted by Crippen LogP contribution is 2.28. The predicted octanol–water partition coefficient (Wildman–Crippen LogP) is 4.12. The number of hydrogen-bond acceptors (Lipinski definition) is 2. The third-order valence-corrected chi connectivity index (χ3v) is 4.95. The largest absolute Gasteiger partial charge is 0.349 e. The topological polar surface area (TPSA) is 29.1 Å². The van der Waals surface area contributed by atoms with Crippen LogP contribution in [0.25, 0.3) is 0 Å². The molecule has 2 rings (SSSR count). The Balaban J connectivity index is 1.99. The van der Waals surface area contributed by atoms with Crippen LogP contribution in [-0.4, -0.2) is 23.5 Å². The molecule has 5 heteroatoms. The maximum absolute atomic E-state index is 12.1. The van der Waals surface area contributed by atoms with Crippen molar-refractivity contribution in [1.29, 1.82) is 0 Å². The summed E-state index contributed by atoms with van der Waals surface area (Å²) in [5, 5.41) is 4.34. The van der Waals surface area contributed by atoms with Gasteiger partial charge >= 0.3 is 0 Å². The normalized spacial score (nSPS) is 23.1. The first-order chi connectivity index (χ1) is 8.58. The molecule has 1 aromatic rings. The highest BCUT2D eigenvalue weighted by molar-refractivity contribution is 9.10. The molecule has 0 heterocycles. The van der Waals surface area contributed by atoms with Crippen LogP contribution in [0.5, 0.6) is 0 Å². The molecule has 2 atom stereocenters. The number of nitrogens with one attached hydrogen (secondary N) is 1. The van der Waals surface area contributed by atoms with Gasteiger partial charge in [0.1, 0.15) is 0 Å². The summed E-state index contributed by atoms with van der Waals surface area (Å²) in [6, 6.07) is 5.57. The number of carbonyl (C=O) groups excluding carboxylic acids is 1. The molecule has 1 fully saturated rings. The van der Waals surface area contributed by atoms with E-state index in [1.54, 1.807) is 18.2 Å². The Morgan fingerprint density at radius 2 is 2.22 bits per heavy atom.